The fraction of sp³-hybridized carbons (Fsp3) is 0.235. The molecule has 1 atom stereocenters. The van der Waals surface area contributed by atoms with Crippen LogP contribution in [0.15, 0.2) is 65.6 Å². The highest BCUT2D eigenvalue weighted by molar-refractivity contribution is 7.89. The zero-order valence-electron chi connectivity index (χ0n) is 13.0. The number of nitrogens with one attached hydrogen (secondary N) is 1. The molecule has 0 heterocycles. The van der Waals surface area contributed by atoms with E-state index in [0.29, 0.717) is 5.56 Å². The molecule has 0 saturated carbocycles. The van der Waals surface area contributed by atoms with Crippen molar-refractivity contribution in [3.05, 3.63) is 66.2 Å². The monoisotopic (exact) mass is 333 g/mol. The van der Waals surface area contributed by atoms with Gasteiger partial charge in [0.15, 0.2) is 5.54 Å². The van der Waals surface area contributed by atoms with Gasteiger partial charge in [0.1, 0.15) is 0 Å². The Bertz CT molecular complexity index is 760. The molecule has 0 aromatic heterocycles. The Morgan fingerprint density at radius 3 is 2.04 bits per heavy atom. The summed E-state index contributed by atoms with van der Waals surface area (Å²) in [5.41, 5.74) is -0.932. The number of rotatable bonds is 6. The maximum absolute atomic E-state index is 12.7. The molecule has 2 aromatic carbocycles. The van der Waals surface area contributed by atoms with E-state index in [1.807, 2.05) is 0 Å². The number of carbonyl (C=O) groups excluding carboxylic acids is 1. The second-order valence-corrected chi connectivity index (χ2v) is 6.72. The van der Waals surface area contributed by atoms with Gasteiger partial charge < -0.3 is 4.74 Å². The van der Waals surface area contributed by atoms with Crippen LogP contribution in [-0.2, 0) is 25.1 Å². The molecule has 0 unspecified atom stereocenters. The Labute approximate surface area is 136 Å². The van der Waals surface area contributed by atoms with E-state index in [-0.39, 0.29) is 11.3 Å². The summed E-state index contributed by atoms with van der Waals surface area (Å²) in [5, 5.41) is 0. The number of hydrogen-bond donors (Lipinski definition) is 1. The van der Waals surface area contributed by atoms with Crippen LogP contribution in [0.2, 0.25) is 0 Å². The molecule has 2 aromatic rings. The Morgan fingerprint density at radius 2 is 1.57 bits per heavy atom. The molecule has 6 heteroatoms. The normalized spacial score (nSPS) is 14.0. The molecular formula is C17H19NO4S. The van der Waals surface area contributed by atoms with E-state index >= 15 is 0 Å². The number of carbonyl (C=O) groups is 1. The van der Waals surface area contributed by atoms with Crippen molar-refractivity contribution in [2.75, 3.05) is 7.11 Å². The van der Waals surface area contributed by atoms with E-state index in [0.717, 1.165) is 0 Å². The van der Waals surface area contributed by atoms with Crippen LogP contribution >= 0.6 is 0 Å². The number of methoxy groups -OCH3 is 1. The molecule has 0 radical (unpaired) electrons. The Kier molecular flexibility index (Phi) is 5.18. The smallest absolute Gasteiger partial charge is 0.331 e. The van der Waals surface area contributed by atoms with Crippen LogP contribution < -0.4 is 4.72 Å². The summed E-state index contributed by atoms with van der Waals surface area (Å²) in [5.74, 6) is -0.647. The Morgan fingerprint density at radius 1 is 1.04 bits per heavy atom. The molecule has 2 rings (SSSR count). The Hall–Kier alpha value is -2.18. The van der Waals surface area contributed by atoms with Crippen LogP contribution in [0.4, 0.5) is 0 Å². The third-order valence-corrected chi connectivity index (χ3v) is 5.20. The molecule has 5 nitrogen and oxygen atoms in total. The fourth-order valence-electron chi connectivity index (χ4n) is 2.42. The van der Waals surface area contributed by atoms with Gasteiger partial charge in [0.05, 0.1) is 12.0 Å². The second kappa shape index (κ2) is 6.93. The second-order valence-electron chi connectivity index (χ2n) is 5.04. The minimum Gasteiger partial charge on any atom is -0.467 e. The van der Waals surface area contributed by atoms with Crippen molar-refractivity contribution in [1.29, 1.82) is 0 Å². The summed E-state index contributed by atoms with van der Waals surface area (Å²) < 4.78 is 32.8. The molecule has 0 saturated heterocycles. The SMILES string of the molecule is CC[C@](NS(=O)(=O)c1ccccc1)(C(=O)OC)c1ccccc1. The third-order valence-electron chi connectivity index (χ3n) is 3.69. The van der Waals surface area contributed by atoms with Gasteiger partial charge in [0, 0.05) is 0 Å². The van der Waals surface area contributed by atoms with Crippen LogP contribution in [0, 0.1) is 0 Å². The van der Waals surface area contributed by atoms with Gasteiger partial charge in [-0.15, -0.1) is 0 Å². The largest absolute Gasteiger partial charge is 0.467 e. The minimum absolute atomic E-state index is 0.0951. The average Bonchev–Trinajstić information content (AvgIpc) is 2.60. The fourth-order valence-corrected chi connectivity index (χ4v) is 3.86. The summed E-state index contributed by atoms with van der Waals surface area (Å²) in [6.45, 7) is 1.73. The summed E-state index contributed by atoms with van der Waals surface area (Å²) in [7, 11) is -2.64. The van der Waals surface area contributed by atoms with E-state index < -0.39 is 21.5 Å². The van der Waals surface area contributed by atoms with E-state index in [1.54, 1.807) is 55.5 Å². The van der Waals surface area contributed by atoms with Gasteiger partial charge in [0.2, 0.25) is 10.0 Å². The lowest BCUT2D eigenvalue weighted by molar-refractivity contribution is -0.148. The van der Waals surface area contributed by atoms with Crippen molar-refractivity contribution in [2.45, 2.75) is 23.8 Å². The number of hydrogen-bond acceptors (Lipinski definition) is 4. The predicted octanol–water partition coefficient (Wildman–Crippen LogP) is 2.44. The number of benzene rings is 2. The first-order chi connectivity index (χ1) is 11.0. The van der Waals surface area contributed by atoms with E-state index in [4.69, 9.17) is 4.74 Å². The highest BCUT2D eigenvalue weighted by Gasteiger charge is 2.43. The average molecular weight is 333 g/mol. The lowest BCUT2D eigenvalue weighted by Gasteiger charge is -2.31. The van der Waals surface area contributed by atoms with E-state index in [1.165, 1.54) is 19.2 Å². The van der Waals surface area contributed by atoms with Crippen molar-refractivity contribution in [3.63, 3.8) is 0 Å². The molecule has 0 amide bonds. The maximum atomic E-state index is 12.7. The number of ether oxygens (including phenoxy) is 1. The molecule has 1 N–H and O–H groups in total. The number of esters is 1. The predicted molar refractivity (Wildman–Crippen MR) is 87.2 cm³/mol. The van der Waals surface area contributed by atoms with Crippen LogP contribution in [0.25, 0.3) is 0 Å². The van der Waals surface area contributed by atoms with Crippen LogP contribution in [-0.4, -0.2) is 21.5 Å². The van der Waals surface area contributed by atoms with Gasteiger partial charge >= 0.3 is 5.97 Å². The number of sulfonamides is 1. The lowest BCUT2D eigenvalue weighted by Crippen LogP contribution is -2.51. The zero-order valence-corrected chi connectivity index (χ0v) is 13.8. The zero-order chi connectivity index (χ0) is 16.9. The van der Waals surface area contributed by atoms with Crippen molar-refractivity contribution in [2.24, 2.45) is 0 Å². The Balaban J connectivity index is 2.54. The van der Waals surface area contributed by atoms with Crippen LogP contribution in [0.3, 0.4) is 0 Å². The molecular weight excluding hydrogens is 314 g/mol. The van der Waals surface area contributed by atoms with Gasteiger partial charge in [0.25, 0.3) is 0 Å². The lowest BCUT2D eigenvalue weighted by atomic mass is 9.88. The van der Waals surface area contributed by atoms with Crippen molar-refractivity contribution >= 4 is 16.0 Å². The molecule has 0 aliphatic rings. The molecule has 0 aliphatic heterocycles. The summed E-state index contributed by atoms with van der Waals surface area (Å²) >= 11 is 0. The first-order valence-electron chi connectivity index (χ1n) is 7.19. The highest BCUT2D eigenvalue weighted by Crippen LogP contribution is 2.29. The molecule has 23 heavy (non-hydrogen) atoms. The molecule has 0 aliphatic carbocycles. The van der Waals surface area contributed by atoms with Crippen molar-refractivity contribution in [3.8, 4) is 0 Å². The third kappa shape index (κ3) is 3.43. The molecule has 0 spiro atoms. The van der Waals surface area contributed by atoms with Gasteiger partial charge in [-0.2, -0.15) is 4.72 Å². The summed E-state index contributed by atoms with van der Waals surface area (Å²) in [6.07, 6.45) is 0.218. The van der Waals surface area contributed by atoms with E-state index in [9.17, 15) is 13.2 Å². The van der Waals surface area contributed by atoms with Gasteiger partial charge in [-0.05, 0) is 24.1 Å². The highest BCUT2D eigenvalue weighted by atomic mass is 32.2. The molecule has 122 valence electrons. The van der Waals surface area contributed by atoms with Crippen LogP contribution in [0.5, 0.6) is 0 Å². The van der Waals surface area contributed by atoms with Gasteiger partial charge in [-0.25, -0.2) is 13.2 Å². The van der Waals surface area contributed by atoms with Crippen molar-refractivity contribution in [1.82, 2.24) is 4.72 Å². The van der Waals surface area contributed by atoms with Crippen molar-refractivity contribution < 1.29 is 17.9 Å². The van der Waals surface area contributed by atoms with E-state index in [2.05, 4.69) is 4.72 Å². The standard InChI is InChI=1S/C17H19NO4S/c1-3-17(16(19)22-2,14-10-6-4-7-11-14)18-23(20,21)15-12-8-5-9-13-15/h4-13,18H,3H2,1-2H3/t17-/m1/s1. The maximum Gasteiger partial charge on any atom is 0.331 e. The first kappa shape index (κ1) is 17.2. The summed E-state index contributed by atoms with van der Waals surface area (Å²) in [4.78, 5) is 12.5. The van der Waals surface area contributed by atoms with Gasteiger partial charge in [-0.3, -0.25) is 0 Å². The topological polar surface area (TPSA) is 72.5 Å². The molecule has 0 fully saturated rings. The quantitative estimate of drug-likeness (QED) is 0.824. The molecule has 0 bridgehead atoms. The van der Waals surface area contributed by atoms with Gasteiger partial charge in [-0.1, -0.05) is 55.5 Å². The first-order valence-corrected chi connectivity index (χ1v) is 8.67. The summed E-state index contributed by atoms with van der Waals surface area (Å²) in [6, 6.07) is 16.6. The van der Waals surface area contributed by atoms with Crippen LogP contribution in [0.1, 0.15) is 18.9 Å². The minimum atomic E-state index is -3.88.